The van der Waals surface area contributed by atoms with Crippen molar-refractivity contribution in [3.05, 3.63) is 70.0 Å². The fourth-order valence-electron chi connectivity index (χ4n) is 3.81. The Morgan fingerprint density at radius 2 is 1.93 bits per heavy atom. The summed E-state index contributed by atoms with van der Waals surface area (Å²) in [4.78, 5) is 27.7. The summed E-state index contributed by atoms with van der Waals surface area (Å²) in [6.07, 6.45) is 2.87. The second kappa shape index (κ2) is 8.88. The van der Waals surface area contributed by atoms with Gasteiger partial charge in [-0.1, -0.05) is 61.3 Å². The monoisotopic (exact) mass is 421 g/mol. The molecule has 2 aromatic carbocycles. The molecule has 0 saturated carbocycles. The van der Waals surface area contributed by atoms with E-state index in [1.165, 1.54) is 22.7 Å². The van der Waals surface area contributed by atoms with E-state index < -0.39 is 0 Å². The Morgan fingerprint density at radius 1 is 1.13 bits per heavy atom. The van der Waals surface area contributed by atoms with Crippen molar-refractivity contribution in [3.63, 3.8) is 0 Å². The van der Waals surface area contributed by atoms with Crippen LogP contribution in [0.5, 0.6) is 0 Å². The van der Waals surface area contributed by atoms with E-state index in [2.05, 4.69) is 24.4 Å². The van der Waals surface area contributed by atoms with Crippen LogP contribution >= 0.6 is 11.5 Å². The van der Waals surface area contributed by atoms with Gasteiger partial charge < -0.3 is 10.2 Å². The van der Waals surface area contributed by atoms with Gasteiger partial charge >= 0.3 is 0 Å². The molecule has 0 unspecified atom stereocenters. The largest absolute Gasteiger partial charge is 0.350 e. The van der Waals surface area contributed by atoms with Crippen LogP contribution in [0.15, 0.2) is 53.3 Å². The molecule has 156 valence electrons. The molecule has 1 N–H and O–H groups in total. The molecule has 3 aromatic rings. The van der Waals surface area contributed by atoms with Gasteiger partial charge in [-0.3, -0.25) is 13.5 Å². The molecule has 0 spiro atoms. The van der Waals surface area contributed by atoms with E-state index in [1.807, 2.05) is 45.3 Å². The number of carbonyl (C=O) groups is 1. The van der Waals surface area contributed by atoms with Crippen molar-refractivity contribution in [2.45, 2.75) is 46.2 Å². The molecule has 6 heteroatoms. The molecule has 0 radical (unpaired) electrons. The lowest BCUT2D eigenvalue weighted by molar-refractivity contribution is -0.129. The maximum Gasteiger partial charge on any atom is 0.284 e. The van der Waals surface area contributed by atoms with Gasteiger partial charge in [-0.2, -0.15) is 0 Å². The fraction of sp³-hybridized carbons (Fsp3) is 0.333. The summed E-state index contributed by atoms with van der Waals surface area (Å²) in [6.45, 7) is 5.89. The van der Waals surface area contributed by atoms with Crippen LogP contribution in [0.2, 0.25) is 0 Å². The fourth-order valence-corrected chi connectivity index (χ4v) is 4.89. The minimum Gasteiger partial charge on any atom is -0.350 e. The van der Waals surface area contributed by atoms with Crippen molar-refractivity contribution in [2.24, 2.45) is 0 Å². The number of amides is 1. The minimum atomic E-state index is 0.0350. The summed E-state index contributed by atoms with van der Waals surface area (Å²) >= 11 is 1.53. The number of carbonyl (C=O) groups excluding carboxylic acids is 1. The summed E-state index contributed by atoms with van der Waals surface area (Å²) < 4.78 is 1.86. The van der Waals surface area contributed by atoms with Crippen LogP contribution in [-0.4, -0.2) is 21.3 Å². The van der Waals surface area contributed by atoms with E-state index in [-0.39, 0.29) is 11.5 Å². The standard InChI is InChI=1S/C24H27N3O2S/c1-3-4-13-27-24(29)22(23(30-27)18-8-6-5-7-9-18)25-21-11-10-20-16-26(17(2)28)14-12-19(20)15-21/h5-11,15,25H,3-4,12-14,16H2,1-2H3. The summed E-state index contributed by atoms with van der Waals surface area (Å²) in [7, 11) is 0. The molecule has 0 atom stereocenters. The molecule has 1 aromatic heterocycles. The summed E-state index contributed by atoms with van der Waals surface area (Å²) in [5, 5.41) is 3.42. The van der Waals surface area contributed by atoms with Gasteiger partial charge in [0.1, 0.15) is 5.69 Å². The highest BCUT2D eigenvalue weighted by atomic mass is 32.1. The topological polar surface area (TPSA) is 54.3 Å². The van der Waals surface area contributed by atoms with Crippen LogP contribution in [0.3, 0.4) is 0 Å². The first-order valence-corrected chi connectivity index (χ1v) is 11.3. The number of anilines is 2. The van der Waals surface area contributed by atoms with Crippen molar-refractivity contribution in [2.75, 3.05) is 11.9 Å². The number of benzene rings is 2. The number of hydrogen-bond acceptors (Lipinski definition) is 4. The smallest absolute Gasteiger partial charge is 0.284 e. The number of hydrogen-bond donors (Lipinski definition) is 1. The first-order valence-electron chi connectivity index (χ1n) is 10.5. The molecule has 1 amide bonds. The highest BCUT2D eigenvalue weighted by Gasteiger charge is 2.20. The number of aryl methyl sites for hydroxylation is 1. The van der Waals surface area contributed by atoms with E-state index in [0.29, 0.717) is 12.2 Å². The van der Waals surface area contributed by atoms with Crippen LogP contribution in [0.25, 0.3) is 10.4 Å². The minimum absolute atomic E-state index is 0.0350. The number of nitrogens with one attached hydrogen (secondary N) is 1. The quantitative estimate of drug-likeness (QED) is 0.608. The van der Waals surface area contributed by atoms with Crippen LogP contribution < -0.4 is 10.9 Å². The first kappa shape index (κ1) is 20.4. The SMILES string of the molecule is CCCCn1sc(-c2ccccc2)c(Nc2ccc3c(c2)CCN(C(C)=O)C3)c1=O. The van der Waals surface area contributed by atoms with Gasteiger partial charge in [0.25, 0.3) is 5.56 Å². The van der Waals surface area contributed by atoms with E-state index in [1.54, 1.807) is 6.92 Å². The molecular formula is C24H27N3O2S. The first-order chi connectivity index (χ1) is 14.6. The van der Waals surface area contributed by atoms with Crippen molar-refractivity contribution in [1.82, 2.24) is 8.86 Å². The van der Waals surface area contributed by atoms with Gasteiger partial charge in [-0.25, -0.2) is 0 Å². The number of rotatable bonds is 6. The molecule has 0 bridgehead atoms. The Kier molecular flexibility index (Phi) is 6.04. The normalized spacial score (nSPS) is 13.2. The van der Waals surface area contributed by atoms with E-state index >= 15 is 0 Å². The Labute approximate surface area is 181 Å². The molecule has 5 nitrogen and oxygen atoms in total. The maximum atomic E-state index is 13.1. The molecular weight excluding hydrogens is 394 g/mol. The summed E-state index contributed by atoms with van der Waals surface area (Å²) in [5.74, 6) is 0.112. The Balaban J connectivity index is 1.67. The zero-order valence-corrected chi connectivity index (χ0v) is 18.3. The van der Waals surface area contributed by atoms with Gasteiger partial charge in [-0.15, -0.1) is 0 Å². The lowest BCUT2D eigenvalue weighted by atomic mass is 9.99. The lowest BCUT2D eigenvalue weighted by Crippen LogP contribution is -2.34. The number of fused-ring (bicyclic) bond motifs is 1. The highest BCUT2D eigenvalue weighted by molar-refractivity contribution is 7.10. The highest BCUT2D eigenvalue weighted by Crippen LogP contribution is 2.33. The molecule has 2 heterocycles. The molecule has 1 aliphatic rings. The van der Waals surface area contributed by atoms with E-state index in [4.69, 9.17) is 0 Å². The van der Waals surface area contributed by atoms with Crippen molar-refractivity contribution >= 4 is 28.8 Å². The van der Waals surface area contributed by atoms with Crippen LogP contribution in [-0.2, 0) is 24.3 Å². The molecule has 30 heavy (non-hydrogen) atoms. The molecule has 4 rings (SSSR count). The van der Waals surface area contributed by atoms with Gasteiger partial charge in [0.2, 0.25) is 5.91 Å². The van der Waals surface area contributed by atoms with E-state index in [9.17, 15) is 9.59 Å². The number of aromatic nitrogens is 1. The number of nitrogens with zero attached hydrogens (tertiary/aromatic N) is 2. The molecule has 0 aliphatic carbocycles. The predicted molar refractivity (Wildman–Crippen MR) is 123 cm³/mol. The average molecular weight is 422 g/mol. The van der Waals surface area contributed by atoms with Crippen molar-refractivity contribution < 1.29 is 4.79 Å². The Morgan fingerprint density at radius 3 is 2.67 bits per heavy atom. The Hall–Kier alpha value is -2.86. The van der Waals surface area contributed by atoms with Crippen molar-refractivity contribution in [3.8, 4) is 10.4 Å². The molecule has 0 fully saturated rings. The summed E-state index contributed by atoms with van der Waals surface area (Å²) in [6, 6.07) is 16.3. The van der Waals surface area contributed by atoms with Gasteiger partial charge in [0, 0.05) is 32.2 Å². The predicted octanol–water partition coefficient (Wildman–Crippen LogP) is 5.03. The van der Waals surface area contributed by atoms with Crippen LogP contribution in [0.4, 0.5) is 11.4 Å². The lowest BCUT2D eigenvalue weighted by Gasteiger charge is -2.28. The van der Waals surface area contributed by atoms with Gasteiger partial charge in [-0.05, 0) is 41.7 Å². The van der Waals surface area contributed by atoms with Gasteiger partial charge in [0.05, 0.1) is 4.88 Å². The Bertz CT molecular complexity index is 1100. The van der Waals surface area contributed by atoms with Crippen LogP contribution in [0, 0.1) is 0 Å². The van der Waals surface area contributed by atoms with Gasteiger partial charge in [0.15, 0.2) is 0 Å². The number of unbranched alkanes of at least 4 members (excludes halogenated alkanes) is 1. The zero-order chi connectivity index (χ0) is 21.1. The average Bonchev–Trinajstić information content (AvgIpc) is 3.07. The summed E-state index contributed by atoms with van der Waals surface area (Å²) in [5.41, 5.74) is 5.06. The third-order valence-electron chi connectivity index (χ3n) is 5.55. The van der Waals surface area contributed by atoms with Crippen LogP contribution in [0.1, 0.15) is 37.8 Å². The second-order valence-corrected chi connectivity index (χ2v) is 8.75. The van der Waals surface area contributed by atoms with E-state index in [0.717, 1.165) is 48.5 Å². The third-order valence-corrected chi connectivity index (χ3v) is 6.74. The zero-order valence-electron chi connectivity index (χ0n) is 17.5. The molecule has 0 saturated heterocycles. The second-order valence-electron chi connectivity index (χ2n) is 7.72. The van der Waals surface area contributed by atoms with Crippen molar-refractivity contribution in [1.29, 1.82) is 0 Å². The maximum absolute atomic E-state index is 13.1. The third kappa shape index (κ3) is 4.19. The molecule has 1 aliphatic heterocycles.